The Hall–Kier alpha value is -2.00. The van der Waals surface area contributed by atoms with E-state index >= 15 is 0 Å². The van der Waals surface area contributed by atoms with Crippen LogP contribution in [0.25, 0.3) is 0 Å². The number of amides is 1. The zero-order chi connectivity index (χ0) is 12.5. The molecule has 4 N–H and O–H groups in total. The molecule has 0 spiro atoms. The summed E-state index contributed by atoms with van der Waals surface area (Å²) in [5.41, 5.74) is 3.48. The number of nitrogens with two attached hydrogens (primary N) is 2. The SMILES string of the molecule is NC(=O)c1cccc(S(N)(=O)=O)c1[N+](=O)[O-]. The van der Waals surface area contributed by atoms with E-state index in [9.17, 15) is 23.3 Å². The van der Waals surface area contributed by atoms with Crippen LogP contribution < -0.4 is 10.9 Å². The number of carbonyl (C=O) groups is 1. The fourth-order valence-corrected chi connectivity index (χ4v) is 1.86. The highest BCUT2D eigenvalue weighted by atomic mass is 32.2. The van der Waals surface area contributed by atoms with E-state index in [4.69, 9.17) is 10.9 Å². The Balaban J connectivity index is 3.72. The summed E-state index contributed by atoms with van der Waals surface area (Å²) in [6.07, 6.45) is 0. The van der Waals surface area contributed by atoms with Gasteiger partial charge in [-0.3, -0.25) is 14.9 Å². The first-order valence-corrected chi connectivity index (χ1v) is 5.40. The number of carbonyl (C=O) groups excluding carboxylic acids is 1. The molecule has 0 saturated carbocycles. The minimum Gasteiger partial charge on any atom is -0.365 e. The molecule has 0 saturated heterocycles. The molecule has 1 aromatic rings. The second kappa shape index (κ2) is 3.87. The van der Waals surface area contributed by atoms with Crippen molar-refractivity contribution in [2.24, 2.45) is 10.9 Å². The predicted molar refractivity (Wildman–Crippen MR) is 53.0 cm³/mol. The van der Waals surface area contributed by atoms with Gasteiger partial charge < -0.3 is 5.73 Å². The van der Waals surface area contributed by atoms with Crippen molar-refractivity contribution < 1.29 is 18.1 Å². The number of hydrogen-bond acceptors (Lipinski definition) is 5. The molecule has 0 atom stereocenters. The number of benzene rings is 1. The lowest BCUT2D eigenvalue weighted by molar-refractivity contribution is -0.388. The van der Waals surface area contributed by atoms with Gasteiger partial charge >= 0.3 is 5.69 Å². The van der Waals surface area contributed by atoms with Gasteiger partial charge in [-0.25, -0.2) is 13.6 Å². The molecule has 0 bridgehead atoms. The number of nitro groups is 1. The maximum Gasteiger partial charge on any atom is 0.302 e. The topological polar surface area (TPSA) is 146 Å². The van der Waals surface area contributed by atoms with Gasteiger partial charge in [0.2, 0.25) is 10.0 Å². The van der Waals surface area contributed by atoms with Crippen LogP contribution in [0.1, 0.15) is 10.4 Å². The molecule has 16 heavy (non-hydrogen) atoms. The van der Waals surface area contributed by atoms with Crippen LogP contribution in [0, 0.1) is 10.1 Å². The largest absolute Gasteiger partial charge is 0.365 e. The van der Waals surface area contributed by atoms with Crippen LogP contribution in [0.5, 0.6) is 0 Å². The van der Waals surface area contributed by atoms with Gasteiger partial charge in [-0.05, 0) is 12.1 Å². The van der Waals surface area contributed by atoms with Crippen LogP contribution in [-0.2, 0) is 10.0 Å². The molecule has 0 aliphatic rings. The average molecular weight is 245 g/mol. The van der Waals surface area contributed by atoms with E-state index in [1.54, 1.807) is 0 Å². The third-order valence-corrected chi connectivity index (χ3v) is 2.70. The summed E-state index contributed by atoms with van der Waals surface area (Å²) in [7, 11) is -4.28. The molecule has 0 aliphatic heterocycles. The molecule has 86 valence electrons. The summed E-state index contributed by atoms with van der Waals surface area (Å²) in [6.45, 7) is 0. The Bertz CT molecular complexity index is 565. The summed E-state index contributed by atoms with van der Waals surface area (Å²) in [4.78, 5) is 19.8. The number of para-hydroxylation sites is 1. The Kier molecular flexibility index (Phi) is 2.92. The molecule has 0 heterocycles. The van der Waals surface area contributed by atoms with Crippen LogP contribution in [-0.4, -0.2) is 19.2 Å². The Labute approximate surface area is 90.1 Å². The molecule has 8 nitrogen and oxygen atoms in total. The first-order chi connectivity index (χ1) is 7.25. The third kappa shape index (κ3) is 2.15. The van der Waals surface area contributed by atoms with Crippen molar-refractivity contribution in [2.75, 3.05) is 0 Å². The zero-order valence-corrected chi connectivity index (χ0v) is 8.60. The summed E-state index contributed by atoms with van der Waals surface area (Å²) < 4.78 is 22.1. The van der Waals surface area contributed by atoms with Crippen LogP contribution in [0.4, 0.5) is 5.69 Å². The maximum atomic E-state index is 11.1. The van der Waals surface area contributed by atoms with Gasteiger partial charge in [0.05, 0.1) is 4.92 Å². The smallest absolute Gasteiger partial charge is 0.302 e. The molecule has 9 heteroatoms. The Morgan fingerprint density at radius 2 is 1.94 bits per heavy atom. The van der Waals surface area contributed by atoms with Crippen LogP contribution >= 0.6 is 0 Å². The van der Waals surface area contributed by atoms with Gasteiger partial charge in [0.25, 0.3) is 5.91 Å². The summed E-state index contributed by atoms with van der Waals surface area (Å²) in [5.74, 6) is -1.10. The van der Waals surface area contributed by atoms with Crippen LogP contribution in [0.2, 0.25) is 0 Å². The molecule has 1 rings (SSSR count). The highest BCUT2D eigenvalue weighted by Crippen LogP contribution is 2.26. The van der Waals surface area contributed by atoms with Crippen LogP contribution in [0.3, 0.4) is 0 Å². The van der Waals surface area contributed by atoms with Crippen molar-refractivity contribution >= 4 is 21.6 Å². The molecule has 0 unspecified atom stereocenters. The van der Waals surface area contributed by atoms with Gasteiger partial charge in [0.1, 0.15) is 5.56 Å². The molecule has 0 fully saturated rings. The number of hydrogen-bond donors (Lipinski definition) is 2. The minimum absolute atomic E-state index is 0.503. The van der Waals surface area contributed by atoms with Crippen molar-refractivity contribution in [3.8, 4) is 0 Å². The first kappa shape index (κ1) is 12.1. The number of primary sulfonamides is 1. The number of rotatable bonds is 3. The first-order valence-electron chi connectivity index (χ1n) is 3.85. The van der Waals surface area contributed by atoms with Crippen molar-refractivity contribution in [2.45, 2.75) is 4.90 Å². The lowest BCUT2D eigenvalue weighted by Crippen LogP contribution is -2.19. The van der Waals surface area contributed by atoms with E-state index in [1.807, 2.05) is 0 Å². The molecular formula is C7H7N3O5S. The highest BCUT2D eigenvalue weighted by Gasteiger charge is 2.28. The number of primary amides is 1. The average Bonchev–Trinajstić information content (AvgIpc) is 2.14. The quantitative estimate of drug-likeness (QED) is 0.536. The van der Waals surface area contributed by atoms with E-state index in [-0.39, 0.29) is 0 Å². The van der Waals surface area contributed by atoms with Crippen molar-refractivity contribution in [3.05, 3.63) is 33.9 Å². The summed E-state index contributed by atoms with van der Waals surface area (Å²) >= 11 is 0. The van der Waals surface area contributed by atoms with E-state index < -0.39 is 37.0 Å². The Morgan fingerprint density at radius 3 is 2.31 bits per heavy atom. The number of nitro benzene ring substituents is 1. The van der Waals surface area contributed by atoms with Gasteiger partial charge in [0.15, 0.2) is 4.90 Å². The van der Waals surface area contributed by atoms with E-state index in [0.717, 1.165) is 18.2 Å². The summed E-state index contributed by atoms with van der Waals surface area (Å²) in [6, 6.07) is 3.13. The monoisotopic (exact) mass is 245 g/mol. The van der Waals surface area contributed by atoms with Crippen molar-refractivity contribution in [1.82, 2.24) is 0 Å². The van der Waals surface area contributed by atoms with Crippen molar-refractivity contribution in [3.63, 3.8) is 0 Å². The minimum atomic E-state index is -4.28. The molecule has 0 radical (unpaired) electrons. The van der Waals surface area contributed by atoms with Crippen molar-refractivity contribution in [1.29, 1.82) is 0 Å². The predicted octanol–water partition coefficient (Wildman–Crippen LogP) is -0.659. The standard InChI is InChI=1S/C7H7N3O5S/c8-7(11)4-2-1-3-5(16(9,14)15)6(4)10(12)13/h1-3H,(H2,8,11)(H2,9,14,15). The summed E-state index contributed by atoms with van der Waals surface area (Å²) in [5, 5.41) is 15.5. The number of nitrogens with zero attached hydrogens (tertiary/aromatic N) is 1. The van der Waals surface area contributed by atoms with E-state index in [1.165, 1.54) is 0 Å². The molecular weight excluding hydrogens is 238 g/mol. The van der Waals surface area contributed by atoms with E-state index in [2.05, 4.69) is 0 Å². The molecule has 0 aromatic heterocycles. The molecule has 1 aromatic carbocycles. The van der Waals surface area contributed by atoms with Gasteiger partial charge in [-0.2, -0.15) is 0 Å². The normalized spacial score (nSPS) is 11.1. The van der Waals surface area contributed by atoms with Gasteiger partial charge in [-0.15, -0.1) is 0 Å². The second-order valence-corrected chi connectivity index (χ2v) is 4.35. The molecule has 1 amide bonds. The lowest BCUT2D eigenvalue weighted by atomic mass is 10.2. The van der Waals surface area contributed by atoms with E-state index in [0.29, 0.717) is 0 Å². The van der Waals surface area contributed by atoms with Gasteiger partial charge in [-0.1, -0.05) is 6.07 Å². The maximum absolute atomic E-state index is 11.1. The third-order valence-electron chi connectivity index (χ3n) is 1.75. The number of sulfonamides is 1. The molecule has 0 aliphatic carbocycles. The highest BCUT2D eigenvalue weighted by molar-refractivity contribution is 7.89. The Morgan fingerprint density at radius 1 is 1.38 bits per heavy atom. The lowest BCUT2D eigenvalue weighted by Gasteiger charge is -2.03. The van der Waals surface area contributed by atoms with Gasteiger partial charge in [0, 0.05) is 0 Å². The fourth-order valence-electron chi connectivity index (χ4n) is 1.14. The fraction of sp³-hybridized carbons (Fsp3) is 0. The second-order valence-electron chi connectivity index (χ2n) is 2.82. The van der Waals surface area contributed by atoms with Crippen LogP contribution in [0.15, 0.2) is 23.1 Å². The zero-order valence-electron chi connectivity index (χ0n) is 7.78.